The largest absolute Gasteiger partial charge is 0.494 e. The van der Waals surface area contributed by atoms with Crippen molar-refractivity contribution in [3.63, 3.8) is 0 Å². The summed E-state index contributed by atoms with van der Waals surface area (Å²) in [7, 11) is 0. The maximum Gasteiger partial charge on any atom is 0.330 e. The number of halogens is 1. The minimum absolute atomic E-state index is 0.0658. The molecule has 0 heterocycles. The van der Waals surface area contributed by atoms with Crippen LogP contribution in [-0.2, 0) is 9.59 Å². The first kappa shape index (κ1) is 21.1. The highest BCUT2D eigenvalue weighted by Crippen LogP contribution is 2.18. The van der Waals surface area contributed by atoms with Gasteiger partial charge < -0.3 is 15.2 Å². The lowest BCUT2D eigenvalue weighted by Gasteiger charge is -2.16. The van der Waals surface area contributed by atoms with Gasteiger partial charge in [0.25, 0.3) is 0 Å². The molecule has 1 unspecified atom stereocenters. The first-order valence-corrected chi connectivity index (χ1v) is 8.80. The number of carbonyl (C=O) groups is 3. The molecule has 2 N–H and O–H groups in total. The van der Waals surface area contributed by atoms with Crippen LogP contribution in [0.25, 0.3) is 0 Å². The summed E-state index contributed by atoms with van der Waals surface area (Å²) in [4.78, 5) is 34.9. The molecule has 2 rings (SSSR count). The van der Waals surface area contributed by atoms with E-state index in [4.69, 9.17) is 4.74 Å². The standard InChI is InChI=1S/C21H22FNO5/c1-13-11-16(8-9-18(13)22)20(21(26)27)23-19(25)7-4-10-28-17-6-3-5-15(12-17)14(2)24/h3,5-6,8-9,11-12,20H,4,7,10H2,1-2H3,(H,23,25)(H,26,27). The fourth-order valence-electron chi connectivity index (χ4n) is 2.60. The Bertz CT molecular complexity index is 881. The fraction of sp³-hybridized carbons (Fsp3) is 0.286. The molecule has 2 aromatic carbocycles. The number of ether oxygens (including phenoxy) is 1. The van der Waals surface area contributed by atoms with E-state index in [9.17, 15) is 23.9 Å². The number of nitrogens with one attached hydrogen (secondary N) is 1. The van der Waals surface area contributed by atoms with Gasteiger partial charge in [-0.1, -0.05) is 24.3 Å². The first-order chi connectivity index (χ1) is 13.3. The van der Waals surface area contributed by atoms with Crippen molar-refractivity contribution in [2.75, 3.05) is 6.61 Å². The van der Waals surface area contributed by atoms with Gasteiger partial charge >= 0.3 is 5.97 Å². The molecule has 0 aromatic heterocycles. The molecule has 0 aliphatic heterocycles. The number of carbonyl (C=O) groups excluding carboxylic acids is 2. The van der Waals surface area contributed by atoms with E-state index in [0.29, 0.717) is 28.9 Å². The third-order valence-corrected chi connectivity index (χ3v) is 4.13. The van der Waals surface area contributed by atoms with E-state index < -0.39 is 23.7 Å². The molecule has 7 heteroatoms. The van der Waals surface area contributed by atoms with E-state index in [-0.39, 0.29) is 18.8 Å². The third-order valence-electron chi connectivity index (χ3n) is 4.13. The summed E-state index contributed by atoms with van der Waals surface area (Å²) in [5, 5.41) is 11.8. The van der Waals surface area contributed by atoms with Crippen molar-refractivity contribution in [1.82, 2.24) is 5.32 Å². The Morgan fingerprint density at radius 2 is 1.93 bits per heavy atom. The lowest BCUT2D eigenvalue weighted by Crippen LogP contribution is -2.33. The number of ketones is 1. The second-order valence-electron chi connectivity index (χ2n) is 6.38. The van der Waals surface area contributed by atoms with Crippen LogP contribution in [0, 0.1) is 12.7 Å². The zero-order chi connectivity index (χ0) is 20.7. The normalized spacial score (nSPS) is 11.5. The molecular formula is C21H22FNO5. The number of carboxylic acids is 1. The van der Waals surface area contributed by atoms with Crippen LogP contribution in [0.5, 0.6) is 5.75 Å². The van der Waals surface area contributed by atoms with Crippen LogP contribution in [-0.4, -0.2) is 29.4 Å². The minimum Gasteiger partial charge on any atom is -0.494 e. The van der Waals surface area contributed by atoms with Crippen molar-refractivity contribution in [2.45, 2.75) is 32.7 Å². The van der Waals surface area contributed by atoms with E-state index in [1.807, 2.05) is 0 Å². The maximum atomic E-state index is 13.4. The van der Waals surface area contributed by atoms with Crippen LogP contribution in [0.3, 0.4) is 0 Å². The van der Waals surface area contributed by atoms with E-state index >= 15 is 0 Å². The Kier molecular flexibility index (Phi) is 7.26. The summed E-state index contributed by atoms with van der Waals surface area (Å²) in [5.41, 5.74) is 1.14. The summed E-state index contributed by atoms with van der Waals surface area (Å²) in [6.45, 7) is 3.23. The summed E-state index contributed by atoms with van der Waals surface area (Å²) in [6, 6.07) is 9.40. The molecule has 0 saturated heterocycles. The van der Waals surface area contributed by atoms with E-state index in [1.54, 1.807) is 24.3 Å². The van der Waals surface area contributed by atoms with Crippen LogP contribution in [0.2, 0.25) is 0 Å². The van der Waals surface area contributed by atoms with Crippen LogP contribution < -0.4 is 10.1 Å². The van der Waals surface area contributed by atoms with Crippen molar-refractivity contribution in [3.05, 3.63) is 65.0 Å². The van der Waals surface area contributed by atoms with Crippen molar-refractivity contribution in [3.8, 4) is 5.75 Å². The van der Waals surface area contributed by atoms with Crippen LogP contribution >= 0.6 is 0 Å². The van der Waals surface area contributed by atoms with Crippen molar-refractivity contribution in [1.29, 1.82) is 0 Å². The summed E-state index contributed by atoms with van der Waals surface area (Å²) in [5.74, 6) is -1.66. The molecule has 6 nitrogen and oxygen atoms in total. The number of hydrogen-bond acceptors (Lipinski definition) is 4. The lowest BCUT2D eigenvalue weighted by atomic mass is 10.0. The number of rotatable bonds is 9. The Morgan fingerprint density at radius 3 is 2.57 bits per heavy atom. The highest BCUT2D eigenvalue weighted by atomic mass is 19.1. The van der Waals surface area contributed by atoms with Gasteiger partial charge in [-0.2, -0.15) is 0 Å². The molecule has 0 bridgehead atoms. The summed E-state index contributed by atoms with van der Waals surface area (Å²) in [6.07, 6.45) is 0.432. The summed E-state index contributed by atoms with van der Waals surface area (Å²) < 4.78 is 18.9. The van der Waals surface area contributed by atoms with Crippen molar-refractivity contribution >= 4 is 17.7 Å². The third kappa shape index (κ3) is 5.90. The van der Waals surface area contributed by atoms with Crippen LogP contribution in [0.15, 0.2) is 42.5 Å². The van der Waals surface area contributed by atoms with E-state index in [1.165, 1.54) is 32.0 Å². The van der Waals surface area contributed by atoms with Gasteiger partial charge in [-0.05, 0) is 49.6 Å². The van der Waals surface area contributed by atoms with Crippen LogP contribution in [0.1, 0.15) is 47.3 Å². The predicted octanol–water partition coefficient (Wildman–Crippen LogP) is 3.44. The fourth-order valence-corrected chi connectivity index (χ4v) is 2.60. The number of aliphatic carboxylic acids is 1. The number of Topliss-reactive ketones (excluding diaryl/α,β-unsaturated/α-hetero) is 1. The molecule has 28 heavy (non-hydrogen) atoms. The second-order valence-corrected chi connectivity index (χ2v) is 6.38. The number of amides is 1. The average molecular weight is 387 g/mol. The number of aryl methyl sites for hydroxylation is 1. The average Bonchev–Trinajstić information content (AvgIpc) is 2.65. The van der Waals surface area contributed by atoms with E-state index in [2.05, 4.69) is 5.32 Å². The molecular weight excluding hydrogens is 365 g/mol. The second kappa shape index (κ2) is 9.64. The lowest BCUT2D eigenvalue weighted by molar-refractivity contribution is -0.142. The molecule has 0 saturated carbocycles. The molecule has 0 radical (unpaired) electrons. The Morgan fingerprint density at radius 1 is 1.18 bits per heavy atom. The Balaban J connectivity index is 1.86. The number of carboxylic acid groups (broad SMARTS) is 1. The highest BCUT2D eigenvalue weighted by molar-refractivity contribution is 5.94. The maximum absolute atomic E-state index is 13.4. The first-order valence-electron chi connectivity index (χ1n) is 8.80. The van der Waals surface area contributed by atoms with Crippen LogP contribution in [0.4, 0.5) is 4.39 Å². The molecule has 1 atom stereocenters. The minimum atomic E-state index is -1.25. The molecule has 0 fully saturated rings. The quantitative estimate of drug-likeness (QED) is 0.508. The molecule has 0 aliphatic rings. The van der Waals surface area contributed by atoms with E-state index in [0.717, 1.165) is 0 Å². The molecule has 2 aromatic rings. The monoisotopic (exact) mass is 387 g/mol. The highest BCUT2D eigenvalue weighted by Gasteiger charge is 2.22. The van der Waals surface area contributed by atoms with Gasteiger partial charge in [0.2, 0.25) is 5.91 Å². The van der Waals surface area contributed by atoms with Gasteiger partial charge in [0.15, 0.2) is 11.8 Å². The van der Waals surface area contributed by atoms with Gasteiger partial charge in [-0.3, -0.25) is 9.59 Å². The van der Waals surface area contributed by atoms with Crippen molar-refractivity contribution in [2.24, 2.45) is 0 Å². The zero-order valence-corrected chi connectivity index (χ0v) is 15.7. The Labute approximate surface area is 162 Å². The summed E-state index contributed by atoms with van der Waals surface area (Å²) >= 11 is 0. The Hall–Kier alpha value is -3.22. The van der Waals surface area contributed by atoms with Gasteiger partial charge in [0.1, 0.15) is 11.6 Å². The van der Waals surface area contributed by atoms with Crippen molar-refractivity contribution < 1.29 is 28.6 Å². The number of benzene rings is 2. The molecule has 1 amide bonds. The molecule has 0 aliphatic carbocycles. The van der Waals surface area contributed by atoms with Gasteiger partial charge in [-0.25, -0.2) is 9.18 Å². The molecule has 0 spiro atoms. The van der Waals surface area contributed by atoms with Gasteiger partial charge in [0.05, 0.1) is 6.61 Å². The SMILES string of the molecule is CC(=O)c1cccc(OCCCC(=O)NC(C(=O)O)c2ccc(F)c(C)c2)c1. The molecule has 148 valence electrons. The smallest absolute Gasteiger partial charge is 0.330 e. The topological polar surface area (TPSA) is 92.7 Å². The number of hydrogen-bond donors (Lipinski definition) is 2. The van der Waals surface area contributed by atoms with Gasteiger partial charge in [-0.15, -0.1) is 0 Å². The zero-order valence-electron chi connectivity index (χ0n) is 15.7. The predicted molar refractivity (Wildman–Crippen MR) is 101 cm³/mol. The van der Waals surface area contributed by atoms with Gasteiger partial charge in [0, 0.05) is 12.0 Å².